The molecular formula is C44H45N3OSSi+2. The van der Waals surface area contributed by atoms with Gasteiger partial charge in [0.25, 0.3) is 5.82 Å². The van der Waals surface area contributed by atoms with Crippen LogP contribution in [0.4, 0.5) is 0 Å². The number of para-hydroxylation sites is 3. The van der Waals surface area contributed by atoms with Gasteiger partial charge in [-0.2, -0.15) is 4.57 Å². The summed E-state index contributed by atoms with van der Waals surface area (Å²) >= 11 is 1.99. The average Bonchev–Trinajstić information content (AvgIpc) is 3.62. The summed E-state index contributed by atoms with van der Waals surface area (Å²) in [5, 5.41) is 4.27. The van der Waals surface area contributed by atoms with Crippen LogP contribution in [0, 0.1) is 0 Å². The Morgan fingerprint density at radius 3 is 2.44 bits per heavy atom. The molecule has 6 heteroatoms. The van der Waals surface area contributed by atoms with Crippen molar-refractivity contribution >= 4 is 55.8 Å². The Labute approximate surface area is 299 Å². The zero-order chi connectivity index (χ0) is 33.9. The maximum atomic E-state index is 7.32. The molecule has 3 aliphatic rings. The number of rotatable bonds is 3. The quantitative estimate of drug-likeness (QED) is 0.134. The number of pyridine rings is 1. The highest BCUT2D eigenvalue weighted by molar-refractivity contribution is 7.26. The van der Waals surface area contributed by atoms with Crippen LogP contribution in [0.5, 0.6) is 5.75 Å². The number of aromatic nitrogens is 3. The van der Waals surface area contributed by atoms with E-state index in [4.69, 9.17) is 4.74 Å². The molecule has 0 amide bonds. The van der Waals surface area contributed by atoms with Crippen molar-refractivity contribution in [3.8, 4) is 28.4 Å². The number of thiophene rings is 1. The van der Waals surface area contributed by atoms with Crippen LogP contribution in [0.1, 0.15) is 81.3 Å². The van der Waals surface area contributed by atoms with E-state index in [1.54, 1.807) is 0 Å². The molecule has 7 aromatic rings. The van der Waals surface area contributed by atoms with Gasteiger partial charge in [-0.05, 0) is 68.5 Å². The molecule has 3 aromatic heterocycles. The van der Waals surface area contributed by atoms with Crippen molar-refractivity contribution in [1.29, 1.82) is 0 Å². The van der Waals surface area contributed by atoms with Gasteiger partial charge in [-0.3, -0.25) is 0 Å². The van der Waals surface area contributed by atoms with E-state index in [1.807, 2.05) is 11.3 Å². The molecule has 1 saturated carbocycles. The Kier molecular flexibility index (Phi) is 6.79. The average molecular weight is 692 g/mol. The number of nitrogens with zero attached hydrogens (tertiary/aromatic N) is 3. The summed E-state index contributed by atoms with van der Waals surface area (Å²) < 4.78 is 17.8. The standard InChI is InChI=1S/C44H45N3OSSi/c1-27(2)46-35-16-10-11-17-36(35)47-41-34-22-21-32-31-20-19-30(50(3,4)5)26-39(31)49-42(32)40(34)37-25-29(28-13-7-6-8-14-28)23-24-45(37)44(41)48-38-18-12-9-15-33(38)43(46)47/h9-12,15-28,41,44H,6-8,13-14H2,1-5H3/q+2. The predicted molar refractivity (Wildman–Crippen MR) is 210 cm³/mol. The van der Waals surface area contributed by atoms with Crippen LogP contribution in [0.3, 0.4) is 0 Å². The molecular weight excluding hydrogens is 647 g/mol. The monoisotopic (exact) mass is 691 g/mol. The maximum Gasteiger partial charge on any atom is 0.348 e. The SMILES string of the molecule is CC(C)n1c2[n+](c3ccccc31)C1c3ccc4c(sc5cc([Si](C)(C)C)ccc54)c3-c3cc(C4CCCCC4)cc[n+]3C1Oc1ccccc1-2. The van der Waals surface area contributed by atoms with E-state index < -0.39 is 8.07 Å². The van der Waals surface area contributed by atoms with Gasteiger partial charge in [-0.1, -0.05) is 92.6 Å². The van der Waals surface area contributed by atoms with Crippen LogP contribution >= 0.6 is 11.3 Å². The summed E-state index contributed by atoms with van der Waals surface area (Å²) in [6.07, 6.45) is 8.71. The van der Waals surface area contributed by atoms with E-state index in [9.17, 15) is 0 Å². The zero-order valence-corrected chi connectivity index (χ0v) is 31.6. The van der Waals surface area contributed by atoms with Crippen LogP contribution in [-0.2, 0) is 0 Å². The Hall–Kier alpha value is -4.26. The summed E-state index contributed by atoms with van der Waals surface area (Å²) in [5.74, 6) is 2.78. The molecule has 0 spiro atoms. The third kappa shape index (κ3) is 4.40. The van der Waals surface area contributed by atoms with Gasteiger partial charge in [0.05, 0.1) is 19.7 Å². The zero-order valence-electron chi connectivity index (χ0n) is 29.7. The van der Waals surface area contributed by atoms with E-state index in [0.717, 1.165) is 11.3 Å². The Balaban J connectivity index is 1.32. The second-order valence-electron chi connectivity index (χ2n) is 16.2. The van der Waals surface area contributed by atoms with Crippen LogP contribution in [0.15, 0.2) is 97.2 Å². The number of ether oxygens (including phenoxy) is 1. The fourth-order valence-electron chi connectivity index (χ4n) is 9.33. The number of hydrogen-bond donors (Lipinski definition) is 0. The minimum atomic E-state index is -1.46. The first-order chi connectivity index (χ1) is 24.3. The van der Waals surface area contributed by atoms with E-state index in [1.165, 1.54) is 96.7 Å². The molecule has 5 heterocycles. The van der Waals surface area contributed by atoms with Crippen LogP contribution < -0.4 is 19.1 Å². The van der Waals surface area contributed by atoms with Crippen molar-refractivity contribution in [2.24, 2.45) is 0 Å². The molecule has 50 heavy (non-hydrogen) atoms. The summed E-state index contributed by atoms with van der Waals surface area (Å²) in [7, 11) is -1.46. The van der Waals surface area contributed by atoms with E-state index >= 15 is 0 Å². The van der Waals surface area contributed by atoms with Crippen molar-refractivity contribution in [1.82, 2.24) is 4.57 Å². The molecule has 10 rings (SSSR count). The number of imidazole rings is 1. The summed E-state index contributed by atoms with van der Waals surface area (Å²) in [4.78, 5) is 0. The highest BCUT2D eigenvalue weighted by Gasteiger charge is 2.52. The molecule has 2 unspecified atom stereocenters. The lowest BCUT2D eigenvalue weighted by molar-refractivity contribution is -0.816. The molecule has 0 radical (unpaired) electrons. The normalized spacial score (nSPS) is 18.8. The molecule has 2 atom stereocenters. The maximum absolute atomic E-state index is 7.32. The minimum Gasteiger partial charge on any atom is -0.429 e. The lowest BCUT2D eigenvalue weighted by Crippen LogP contribution is -2.58. The Bertz CT molecular complexity index is 2500. The van der Waals surface area contributed by atoms with Gasteiger partial charge in [-0.25, -0.2) is 9.13 Å². The molecule has 0 saturated heterocycles. The van der Waals surface area contributed by atoms with Gasteiger partial charge in [0.15, 0.2) is 17.2 Å². The smallest absolute Gasteiger partial charge is 0.348 e. The summed E-state index contributed by atoms with van der Waals surface area (Å²) in [6, 6.07) is 35.0. The lowest BCUT2D eigenvalue weighted by atomic mass is 9.83. The van der Waals surface area contributed by atoms with Crippen molar-refractivity contribution in [2.45, 2.75) is 89.8 Å². The summed E-state index contributed by atoms with van der Waals surface area (Å²) in [5.41, 5.74) is 9.17. The first-order valence-electron chi connectivity index (χ1n) is 18.6. The number of hydrogen-bond acceptors (Lipinski definition) is 2. The van der Waals surface area contributed by atoms with Crippen LogP contribution in [-0.4, -0.2) is 12.6 Å². The van der Waals surface area contributed by atoms with E-state index in [-0.39, 0.29) is 18.3 Å². The first-order valence-corrected chi connectivity index (χ1v) is 23.0. The Morgan fingerprint density at radius 2 is 1.62 bits per heavy atom. The number of fused-ring (bicyclic) bond motifs is 16. The minimum absolute atomic E-state index is 0.0671. The fourth-order valence-corrected chi connectivity index (χ4v) is 11.9. The van der Waals surface area contributed by atoms with E-state index in [0.29, 0.717) is 5.92 Å². The topological polar surface area (TPSA) is 21.9 Å². The molecule has 4 nitrogen and oxygen atoms in total. The predicted octanol–water partition coefficient (Wildman–Crippen LogP) is 10.6. The molecule has 2 aliphatic heterocycles. The lowest BCUT2D eigenvalue weighted by Gasteiger charge is -2.29. The number of benzene rings is 4. The summed E-state index contributed by atoms with van der Waals surface area (Å²) in [6.45, 7) is 12.0. The van der Waals surface area contributed by atoms with Crippen molar-refractivity contribution in [3.63, 3.8) is 0 Å². The molecule has 4 aromatic carbocycles. The van der Waals surface area contributed by atoms with Crippen LogP contribution in [0.2, 0.25) is 19.6 Å². The van der Waals surface area contributed by atoms with E-state index in [2.05, 4.69) is 144 Å². The van der Waals surface area contributed by atoms with Gasteiger partial charge in [0, 0.05) is 37.9 Å². The van der Waals surface area contributed by atoms with Crippen molar-refractivity contribution in [2.75, 3.05) is 0 Å². The fraction of sp³-hybridized carbons (Fsp3) is 0.318. The van der Waals surface area contributed by atoms with Gasteiger partial charge in [0.1, 0.15) is 11.3 Å². The highest BCUT2D eigenvalue weighted by atomic mass is 32.1. The first kappa shape index (κ1) is 30.6. The van der Waals surface area contributed by atoms with Gasteiger partial charge < -0.3 is 4.74 Å². The third-order valence-electron chi connectivity index (χ3n) is 11.8. The molecule has 1 fully saturated rings. The second-order valence-corrected chi connectivity index (χ2v) is 22.3. The Morgan fingerprint density at radius 1 is 0.840 bits per heavy atom. The van der Waals surface area contributed by atoms with Gasteiger partial charge >= 0.3 is 6.23 Å². The molecule has 0 N–H and O–H groups in total. The molecule has 0 bridgehead atoms. The molecule has 250 valence electrons. The van der Waals surface area contributed by atoms with Crippen LogP contribution in [0.25, 0.3) is 53.9 Å². The third-order valence-corrected chi connectivity index (χ3v) is 15.0. The second kappa shape index (κ2) is 11.1. The van der Waals surface area contributed by atoms with Gasteiger partial charge in [-0.15, -0.1) is 11.3 Å². The van der Waals surface area contributed by atoms with Crippen molar-refractivity contribution in [3.05, 3.63) is 108 Å². The van der Waals surface area contributed by atoms with Crippen molar-refractivity contribution < 1.29 is 13.9 Å². The molecule has 1 aliphatic carbocycles. The van der Waals surface area contributed by atoms with Gasteiger partial charge in [0.2, 0.25) is 11.7 Å². The highest BCUT2D eigenvalue weighted by Crippen LogP contribution is 2.50. The largest absolute Gasteiger partial charge is 0.429 e.